The molecule has 0 saturated heterocycles. The van der Waals surface area contributed by atoms with Crippen LogP contribution in [0.1, 0.15) is 22.5 Å². The number of carboxylic acids is 1. The van der Waals surface area contributed by atoms with Crippen LogP contribution in [-0.2, 0) is 4.79 Å². The van der Waals surface area contributed by atoms with Crippen LogP contribution in [-0.4, -0.2) is 11.1 Å². The molecule has 0 aliphatic heterocycles. The molecule has 0 rings (SSSR count). The zero-order chi connectivity index (χ0) is 6.78. The fourth-order valence-corrected chi connectivity index (χ4v) is 0.151. The van der Waals surface area contributed by atoms with Crippen molar-refractivity contribution in [2.45, 2.75) is 19.7 Å². The van der Waals surface area contributed by atoms with Gasteiger partial charge in [0.05, 0.1) is 0 Å². The minimum atomic E-state index is -1.58. The number of rotatable bonds is 2. The van der Waals surface area contributed by atoms with Crippen LogP contribution in [0.25, 0.3) is 0 Å². The molecule has 0 spiro atoms. The highest BCUT2D eigenvalue weighted by molar-refractivity contribution is 5.66. The average Bonchev–Trinajstić information content (AvgIpc) is 1.21. The van der Waals surface area contributed by atoms with Gasteiger partial charge >= 0.3 is 5.97 Å². The van der Waals surface area contributed by atoms with Crippen molar-refractivity contribution in [3.05, 3.63) is 0 Å². The number of hydrogen-bond donors (Lipinski definition) is 1. The third-order valence-electron chi connectivity index (χ3n) is 0.328. The van der Waals surface area contributed by atoms with E-state index in [0.717, 1.165) is 0 Å². The van der Waals surface area contributed by atoms with Crippen LogP contribution >= 0.6 is 0 Å². The summed E-state index contributed by atoms with van der Waals surface area (Å²) in [6, 6.07) is 0. The predicted molar refractivity (Wildman–Crippen MR) is 22.5 cm³/mol. The second-order valence-corrected chi connectivity index (χ2v) is 0.924. The third-order valence-corrected chi connectivity index (χ3v) is 0.328. The summed E-state index contributed by atoms with van der Waals surface area (Å²) in [5, 5.41) is 8.01. The summed E-state index contributed by atoms with van der Waals surface area (Å²) < 4.78 is 13.5. The maximum Gasteiger partial charge on any atom is 0.303 e. The lowest BCUT2D eigenvalue weighted by molar-refractivity contribution is -0.137. The van der Waals surface area contributed by atoms with Crippen molar-refractivity contribution < 1.29 is 12.6 Å². The van der Waals surface area contributed by atoms with Crippen LogP contribution in [0.3, 0.4) is 0 Å². The first-order valence-electron chi connectivity index (χ1n) is 2.63. The largest absolute Gasteiger partial charge is 0.481 e. The van der Waals surface area contributed by atoms with E-state index in [4.69, 9.17) is 7.85 Å². The summed E-state index contributed by atoms with van der Waals surface area (Å²) in [5.41, 5.74) is 0. The molecule has 0 bridgehead atoms. The van der Waals surface area contributed by atoms with Gasteiger partial charge in [0, 0.05) is 9.16 Å². The maximum absolute atomic E-state index is 9.77. The standard InChI is InChI=1S/C4H8O2/c1-2-3-4(5)6/h2-3H2,1H3,(H,5,6)/i2D2. The topological polar surface area (TPSA) is 37.3 Å². The van der Waals surface area contributed by atoms with E-state index in [-0.39, 0.29) is 0 Å². The minimum absolute atomic E-state index is 0.424. The lowest BCUT2D eigenvalue weighted by atomic mass is 10.4. The number of hydrogen-bond acceptors (Lipinski definition) is 1. The van der Waals surface area contributed by atoms with E-state index in [1.165, 1.54) is 6.92 Å². The Balaban J connectivity index is 3.55. The molecular weight excluding hydrogens is 80.0 g/mol. The molecule has 6 heavy (non-hydrogen) atoms. The summed E-state index contributed by atoms with van der Waals surface area (Å²) >= 11 is 0. The molecular formula is C4H8O2. The van der Waals surface area contributed by atoms with E-state index >= 15 is 0 Å². The molecule has 0 aliphatic rings. The Morgan fingerprint density at radius 2 is 2.67 bits per heavy atom. The molecule has 0 amide bonds. The molecule has 0 unspecified atom stereocenters. The molecule has 0 heterocycles. The highest BCUT2D eigenvalue weighted by atomic mass is 16.4. The van der Waals surface area contributed by atoms with Crippen molar-refractivity contribution in [1.29, 1.82) is 0 Å². The monoisotopic (exact) mass is 90.1 g/mol. The summed E-state index contributed by atoms with van der Waals surface area (Å²) in [6.07, 6.45) is -2.00. The Morgan fingerprint density at radius 3 is 2.67 bits per heavy atom. The van der Waals surface area contributed by atoms with Gasteiger partial charge in [0.2, 0.25) is 0 Å². The normalized spacial score (nSPS) is 15.5. The lowest BCUT2D eigenvalue weighted by Gasteiger charge is -1.79. The molecule has 0 aromatic carbocycles. The predicted octanol–water partition coefficient (Wildman–Crippen LogP) is 0.871. The zero-order valence-corrected chi connectivity index (χ0v) is 3.56. The Bertz CT molecular complexity index is 94.7. The summed E-state index contributed by atoms with van der Waals surface area (Å²) in [7, 11) is 0. The molecule has 0 atom stereocenters. The van der Waals surface area contributed by atoms with E-state index in [2.05, 4.69) is 0 Å². The SMILES string of the molecule is [2H]C([2H])(C)CC(=O)O. The first kappa shape index (κ1) is 2.61. The quantitative estimate of drug-likeness (QED) is 0.546. The minimum Gasteiger partial charge on any atom is -0.481 e. The maximum atomic E-state index is 9.77. The lowest BCUT2D eigenvalue weighted by Crippen LogP contribution is -1.90. The molecule has 2 heteroatoms. The molecule has 0 saturated carbocycles. The smallest absolute Gasteiger partial charge is 0.303 e. The van der Waals surface area contributed by atoms with Gasteiger partial charge in [0.15, 0.2) is 0 Å². The van der Waals surface area contributed by atoms with E-state index in [1.807, 2.05) is 0 Å². The van der Waals surface area contributed by atoms with Gasteiger partial charge in [-0.25, -0.2) is 0 Å². The molecule has 0 aromatic heterocycles. The van der Waals surface area contributed by atoms with Gasteiger partial charge in [-0.05, 0) is 6.37 Å². The average molecular weight is 90.1 g/mol. The van der Waals surface area contributed by atoms with Gasteiger partial charge in [0.1, 0.15) is 0 Å². The molecule has 0 aliphatic carbocycles. The van der Waals surface area contributed by atoms with Crippen molar-refractivity contribution in [3.8, 4) is 0 Å². The fraction of sp³-hybridized carbons (Fsp3) is 0.750. The number of carboxylic acid groups (broad SMARTS) is 1. The Hall–Kier alpha value is -0.530. The van der Waals surface area contributed by atoms with Gasteiger partial charge in [0.25, 0.3) is 0 Å². The second-order valence-electron chi connectivity index (χ2n) is 0.924. The van der Waals surface area contributed by atoms with Crippen LogP contribution in [0.4, 0.5) is 0 Å². The molecule has 0 radical (unpaired) electrons. The molecule has 36 valence electrons. The van der Waals surface area contributed by atoms with Gasteiger partial charge in [-0.15, -0.1) is 0 Å². The summed E-state index contributed by atoms with van der Waals surface area (Å²) in [4.78, 5) is 9.77. The van der Waals surface area contributed by atoms with Gasteiger partial charge in [-0.1, -0.05) is 6.92 Å². The Labute approximate surface area is 39.6 Å². The fourth-order valence-electron chi connectivity index (χ4n) is 0.151. The van der Waals surface area contributed by atoms with E-state index in [0.29, 0.717) is 0 Å². The first-order chi connectivity index (χ1) is 3.42. The second kappa shape index (κ2) is 2.69. The van der Waals surface area contributed by atoms with Crippen molar-refractivity contribution in [2.24, 2.45) is 0 Å². The van der Waals surface area contributed by atoms with Crippen molar-refractivity contribution >= 4 is 5.97 Å². The number of carbonyl (C=O) groups is 1. The van der Waals surface area contributed by atoms with Crippen LogP contribution in [0.5, 0.6) is 0 Å². The van der Waals surface area contributed by atoms with Crippen LogP contribution in [0, 0.1) is 0 Å². The van der Waals surface area contributed by atoms with Crippen LogP contribution in [0.15, 0.2) is 0 Å². The van der Waals surface area contributed by atoms with Gasteiger partial charge < -0.3 is 5.11 Å². The summed E-state index contributed by atoms with van der Waals surface area (Å²) in [5.74, 6) is -1.10. The molecule has 0 aromatic rings. The van der Waals surface area contributed by atoms with Gasteiger partial charge in [-0.3, -0.25) is 4.79 Å². The zero-order valence-electron chi connectivity index (χ0n) is 5.56. The summed E-state index contributed by atoms with van der Waals surface area (Å²) in [6.45, 7) is 1.24. The van der Waals surface area contributed by atoms with Crippen molar-refractivity contribution in [3.63, 3.8) is 0 Å². The van der Waals surface area contributed by atoms with E-state index in [1.54, 1.807) is 0 Å². The van der Waals surface area contributed by atoms with Crippen molar-refractivity contribution in [1.82, 2.24) is 0 Å². The molecule has 1 N–H and O–H groups in total. The van der Waals surface area contributed by atoms with Crippen LogP contribution in [0.2, 0.25) is 0 Å². The Morgan fingerprint density at radius 1 is 2.17 bits per heavy atom. The highest BCUT2D eigenvalue weighted by Gasteiger charge is 1.87. The number of aliphatic carboxylic acids is 1. The van der Waals surface area contributed by atoms with Crippen LogP contribution < -0.4 is 0 Å². The Kier molecular flexibility index (Phi) is 1.17. The highest BCUT2D eigenvalue weighted by Crippen LogP contribution is 1.82. The van der Waals surface area contributed by atoms with Crippen molar-refractivity contribution in [2.75, 3.05) is 0 Å². The van der Waals surface area contributed by atoms with Gasteiger partial charge in [-0.2, -0.15) is 0 Å². The third kappa shape index (κ3) is 3.47. The molecule has 0 fully saturated rings. The first-order valence-corrected chi connectivity index (χ1v) is 1.63. The van der Waals surface area contributed by atoms with E-state index < -0.39 is 18.8 Å². The van der Waals surface area contributed by atoms with E-state index in [9.17, 15) is 4.79 Å². The molecule has 2 nitrogen and oxygen atoms in total.